The van der Waals surface area contributed by atoms with E-state index in [-0.39, 0.29) is 11.9 Å². The van der Waals surface area contributed by atoms with Crippen LogP contribution >= 0.6 is 0 Å². The Hall–Kier alpha value is -1.35. The van der Waals surface area contributed by atoms with Crippen molar-refractivity contribution < 1.29 is 9.53 Å². The molecular formula is C12H17NO2. The highest BCUT2D eigenvalue weighted by Gasteiger charge is 2.22. The van der Waals surface area contributed by atoms with Gasteiger partial charge in [0.2, 0.25) is 0 Å². The molecule has 0 saturated carbocycles. The van der Waals surface area contributed by atoms with Gasteiger partial charge in [0, 0.05) is 5.92 Å². The van der Waals surface area contributed by atoms with Gasteiger partial charge >= 0.3 is 5.97 Å². The van der Waals surface area contributed by atoms with Crippen molar-refractivity contribution in [1.82, 2.24) is 0 Å². The smallest absolute Gasteiger partial charge is 0.323 e. The maximum Gasteiger partial charge on any atom is 0.323 e. The first-order valence-electron chi connectivity index (χ1n) is 4.96. The summed E-state index contributed by atoms with van der Waals surface area (Å²) >= 11 is 0. The minimum absolute atomic E-state index is 0.0296. The molecular weight excluding hydrogens is 190 g/mol. The predicted molar refractivity (Wildman–Crippen MR) is 59.6 cm³/mol. The second-order valence-electron chi connectivity index (χ2n) is 3.75. The van der Waals surface area contributed by atoms with Crippen molar-refractivity contribution in [2.45, 2.75) is 25.8 Å². The normalized spacial score (nSPS) is 14.4. The Kier molecular flexibility index (Phi) is 3.86. The van der Waals surface area contributed by atoms with Gasteiger partial charge in [0.1, 0.15) is 6.04 Å². The lowest BCUT2D eigenvalue weighted by atomic mass is 9.93. The molecule has 0 bridgehead atoms. The van der Waals surface area contributed by atoms with Gasteiger partial charge in [0.05, 0.1) is 7.11 Å². The molecule has 0 heterocycles. The lowest BCUT2D eigenvalue weighted by Crippen LogP contribution is -2.36. The summed E-state index contributed by atoms with van der Waals surface area (Å²) in [5.74, 6) is -0.402. The number of ether oxygens (including phenoxy) is 1. The van der Waals surface area contributed by atoms with Crippen molar-refractivity contribution >= 4 is 5.97 Å². The Bertz CT molecular complexity index is 332. The van der Waals surface area contributed by atoms with Crippen LogP contribution in [0.3, 0.4) is 0 Å². The van der Waals surface area contributed by atoms with Gasteiger partial charge in [-0.05, 0) is 12.5 Å². The van der Waals surface area contributed by atoms with Crippen LogP contribution in [0.2, 0.25) is 0 Å². The molecule has 0 radical (unpaired) electrons. The Morgan fingerprint density at radius 3 is 2.33 bits per heavy atom. The van der Waals surface area contributed by atoms with Crippen LogP contribution in [0.4, 0.5) is 0 Å². The van der Waals surface area contributed by atoms with E-state index in [9.17, 15) is 4.79 Å². The molecule has 3 nitrogen and oxygen atoms in total. The third kappa shape index (κ3) is 2.80. The SMILES string of the molecule is COC(=O)C(N)C(C)c1ccc(C)cc1. The summed E-state index contributed by atoms with van der Waals surface area (Å²) in [5, 5.41) is 0. The van der Waals surface area contributed by atoms with E-state index in [1.807, 2.05) is 38.1 Å². The maximum atomic E-state index is 11.2. The van der Waals surface area contributed by atoms with E-state index in [1.54, 1.807) is 0 Å². The van der Waals surface area contributed by atoms with Crippen LogP contribution in [0.5, 0.6) is 0 Å². The molecule has 0 aromatic heterocycles. The van der Waals surface area contributed by atoms with Crippen LogP contribution in [-0.4, -0.2) is 19.1 Å². The molecule has 0 aliphatic carbocycles. The van der Waals surface area contributed by atoms with Crippen molar-refractivity contribution in [2.24, 2.45) is 5.73 Å². The summed E-state index contributed by atoms with van der Waals surface area (Å²) in [6.07, 6.45) is 0. The highest BCUT2D eigenvalue weighted by molar-refractivity contribution is 5.76. The van der Waals surface area contributed by atoms with E-state index < -0.39 is 6.04 Å². The monoisotopic (exact) mass is 207 g/mol. The number of carbonyl (C=O) groups is 1. The number of aryl methyl sites for hydroxylation is 1. The summed E-state index contributed by atoms with van der Waals surface area (Å²) in [5.41, 5.74) is 8.01. The van der Waals surface area contributed by atoms with Gasteiger partial charge in [0.15, 0.2) is 0 Å². The third-order valence-corrected chi connectivity index (χ3v) is 2.62. The zero-order valence-corrected chi connectivity index (χ0v) is 9.36. The number of benzene rings is 1. The first-order chi connectivity index (χ1) is 7.06. The predicted octanol–water partition coefficient (Wildman–Crippen LogP) is 1.60. The van der Waals surface area contributed by atoms with Crippen LogP contribution < -0.4 is 5.73 Å². The number of carbonyl (C=O) groups excluding carboxylic acids is 1. The van der Waals surface area contributed by atoms with Crippen molar-refractivity contribution in [2.75, 3.05) is 7.11 Å². The Morgan fingerprint density at radius 1 is 1.33 bits per heavy atom. The summed E-state index contributed by atoms with van der Waals surface area (Å²) in [6.45, 7) is 3.95. The molecule has 0 amide bonds. The Balaban J connectivity index is 2.80. The molecule has 2 unspecified atom stereocenters. The molecule has 0 spiro atoms. The molecule has 1 rings (SSSR count). The number of methoxy groups -OCH3 is 1. The molecule has 3 heteroatoms. The molecule has 0 aliphatic rings. The van der Waals surface area contributed by atoms with Gasteiger partial charge in [-0.15, -0.1) is 0 Å². The first kappa shape index (κ1) is 11.7. The molecule has 2 N–H and O–H groups in total. The second-order valence-corrected chi connectivity index (χ2v) is 3.75. The summed E-state index contributed by atoms with van der Waals surface area (Å²) < 4.78 is 4.61. The van der Waals surface area contributed by atoms with E-state index >= 15 is 0 Å². The average Bonchev–Trinajstić information content (AvgIpc) is 2.27. The summed E-state index contributed by atoms with van der Waals surface area (Å²) in [7, 11) is 1.35. The average molecular weight is 207 g/mol. The second kappa shape index (κ2) is 4.94. The molecule has 0 saturated heterocycles. The fourth-order valence-corrected chi connectivity index (χ4v) is 1.42. The fraction of sp³-hybridized carbons (Fsp3) is 0.417. The quantitative estimate of drug-likeness (QED) is 0.766. The zero-order chi connectivity index (χ0) is 11.4. The molecule has 15 heavy (non-hydrogen) atoms. The van der Waals surface area contributed by atoms with Crippen LogP contribution in [0, 0.1) is 6.92 Å². The Labute approximate surface area is 90.2 Å². The van der Waals surface area contributed by atoms with Crippen molar-refractivity contribution in [3.8, 4) is 0 Å². The molecule has 0 fully saturated rings. The lowest BCUT2D eigenvalue weighted by molar-refractivity contribution is -0.142. The van der Waals surface area contributed by atoms with Crippen molar-refractivity contribution in [3.05, 3.63) is 35.4 Å². The van der Waals surface area contributed by atoms with Gasteiger partial charge in [0.25, 0.3) is 0 Å². The van der Waals surface area contributed by atoms with E-state index in [2.05, 4.69) is 4.74 Å². The Morgan fingerprint density at radius 2 is 1.87 bits per heavy atom. The molecule has 2 atom stereocenters. The molecule has 1 aromatic rings. The fourth-order valence-electron chi connectivity index (χ4n) is 1.42. The van der Waals surface area contributed by atoms with Crippen molar-refractivity contribution in [3.63, 3.8) is 0 Å². The number of rotatable bonds is 3. The number of hydrogen-bond donors (Lipinski definition) is 1. The maximum absolute atomic E-state index is 11.2. The minimum Gasteiger partial charge on any atom is -0.468 e. The first-order valence-corrected chi connectivity index (χ1v) is 4.96. The van der Waals surface area contributed by atoms with Crippen LogP contribution in [0.15, 0.2) is 24.3 Å². The molecule has 82 valence electrons. The van der Waals surface area contributed by atoms with Crippen molar-refractivity contribution in [1.29, 1.82) is 0 Å². The number of nitrogens with two attached hydrogens (primary N) is 1. The van der Waals surface area contributed by atoms with E-state index in [0.717, 1.165) is 5.56 Å². The van der Waals surface area contributed by atoms with E-state index in [4.69, 9.17) is 5.73 Å². The lowest BCUT2D eigenvalue weighted by Gasteiger charge is -2.17. The van der Waals surface area contributed by atoms with E-state index in [1.165, 1.54) is 12.7 Å². The number of hydrogen-bond acceptors (Lipinski definition) is 3. The summed E-state index contributed by atoms with van der Waals surface area (Å²) in [4.78, 5) is 11.2. The molecule has 0 aliphatic heterocycles. The number of esters is 1. The topological polar surface area (TPSA) is 52.3 Å². The molecule has 1 aromatic carbocycles. The van der Waals surface area contributed by atoms with Crippen LogP contribution in [0.25, 0.3) is 0 Å². The van der Waals surface area contributed by atoms with Gasteiger partial charge < -0.3 is 10.5 Å². The van der Waals surface area contributed by atoms with Gasteiger partial charge in [-0.25, -0.2) is 0 Å². The van der Waals surface area contributed by atoms with E-state index in [0.29, 0.717) is 0 Å². The van der Waals surface area contributed by atoms with Gasteiger partial charge in [-0.2, -0.15) is 0 Å². The highest BCUT2D eigenvalue weighted by Crippen LogP contribution is 2.19. The highest BCUT2D eigenvalue weighted by atomic mass is 16.5. The standard InChI is InChI=1S/C12H17NO2/c1-8-4-6-10(7-5-8)9(2)11(13)12(14)15-3/h4-7,9,11H,13H2,1-3H3. The zero-order valence-electron chi connectivity index (χ0n) is 9.36. The van der Waals surface area contributed by atoms with Crippen LogP contribution in [0.1, 0.15) is 24.0 Å². The largest absolute Gasteiger partial charge is 0.468 e. The third-order valence-electron chi connectivity index (χ3n) is 2.62. The summed E-state index contributed by atoms with van der Waals surface area (Å²) in [6, 6.07) is 7.40. The van der Waals surface area contributed by atoms with Crippen LogP contribution in [-0.2, 0) is 9.53 Å². The minimum atomic E-state index is -0.599. The van der Waals surface area contributed by atoms with Gasteiger partial charge in [-0.3, -0.25) is 4.79 Å². The van der Waals surface area contributed by atoms with Gasteiger partial charge in [-0.1, -0.05) is 36.8 Å².